The Bertz CT molecular complexity index is 320. The van der Waals surface area contributed by atoms with E-state index in [0.717, 1.165) is 0 Å². The number of aliphatic carboxylic acids is 1. The predicted molar refractivity (Wildman–Crippen MR) is 59.7 cm³/mol. The molecule has 0 aromatic carbocycles. The van der Waals surface area contributed by atoms with Crippen LogP contribution in [0.1, 0.15) is 6.42 Å². The van der Waals surface area contributed by atoms with Crippen molar-refractivity contribution in [2.24, 2.45) is 5.73 Å². The van der Waals surface area contributed by atoms with E-state index in [1.165, 1.54) is 12.2 Å². The van der Waals surface area contributed by atoms with Gasteiger partial charge in [0.1, 0.15) is 12.6 Å². The number of esters is 1. The first-order valence-electron chi connectivity index (χ1n) is 4.59. The van der Waals surface area contributed by atoms with Crippen LogP contribution in [-0.2, 0) is 14.3 Å². The summed E-state index contributed by atoms with van der Waals surface area (Å²) in [6.07, 6.45) is 4.34. The van der Waals surface area contributed by atoms with E-state index in [1.807, 2.05) is 0 Å². The fourth-order valence-electron chi connectivity index (χ4n) is 0.816. The third-order valence-electron chi connectivity index (χ3n) is 1.70. The maximum atomic E-state index is 11.1. The molecule has 3 N–H and O–H groups in total. The van der Waals surface area contributed by atoms with Gasteiger partial charge in [0.15, 0.2) is 0 Å². The Balaban J connectivity index is 4.07. The topological polar surface area (TPSA) is 89.6 Å². The molecule has 0 heterocycles. The van der Waals surface area contributed by atoms with Crippen LogP contribution in [0.4, 0.5) is 0 Å². The van der Waals surface area contributed by atoms with Gasteiger partial charge < -0.3 is 15.6 Å². The quantitative estimate of drug-likeness (QED) is 0.490. The van der Waals surface area contributed by atoms with Gasteiger partial charge in [-0.15, -0.1) is 0 Å². The van der Waals surface area contributed by atoms with E-state index >= 15 is 0 Å². The molecule has 0 saturated heterocycles. The molecule has 0 bridgehead atoms. The monoisotopic (exact) mass is 225 g/mol. The molecule has 0 saturated carbocycles. The maximum Gasteiger partial charge on any atom is 0.321 e. The van der Waals surface area contributed by atoms with Crippen LogP contribution in [0.2, 0.25) is 0 Å². The number of rotatable bonds is 7. The SMILES string of the molecule is C=C/C=C(\C=C)COC(=O)CC(N)C(=O)O. The molecule has 0 aromatic heterocycles. The normalized spacial score (nSPS) is 12.7. The third-order valence-corrected chi connectivity index (χ3v) is 1.70. The lowest BCUT2D eigenvalue weighted by Crippen LogP contribution is -2.33. The lowest BCUT2D eigenvalue weighted by atomic mass is 10.2. The van der Waals surface area contributed by atoms with Gasteiger partial charge in [-0.2, -0.15) is 0 Å². The zero-order chi connectivity index (χ0) is 12.6. The molecule has 88 valence electrons. The van der Waals surface area contributed by atoms with E-state index in [-0.39, 0.29) is 13.0 Å². The highest BCUT2D eigenvalue weighted by Gasteiger charge is 2.17. The Morgan fingerprint density at radius 3 is 2.50 bits per heavy atom. The zero-order valence-corrected chi connectivity index (χ0v) is 8.89. The fraction of sp³-hybridized carbons (Fsp3) is 0.273. The average molecular weight is 225 g/mol. The van der Waals surface area contributed by atoms with Crippen LogP contribution in [0.25, 0.3) is 0 Å². The Kier molecular flexibility index (Phi) is 6.55. The predicted octanol–water partition coefficient (Wildman–Crippen LogP) is 0.630. The molecular formula is C11H15NO4. The van der Waals surface area contributed by atoms with Crippen LogP contribution < -0.4 is 5.73 Å². The van der Waals surface area contributed by atoms with Crippen molar-refractivity contribution in [1.29, 1.82) is 0 Å². The fourth-order valence-corrected chi connectivity index (χ4v) is 0.816. The van der Waals surface area contributed by atoms with Gasteiger partial charge in [0, 0.05) is 0 Å². The average Bonchev–Trinajstić information content (AvgIpc) is 2.23. The smallest absolute Gasteiger partial charge is 0.321 e. The van der Waals surface area contributed by atoms with Crippen LogP contribution in [0, 0.1) is 0 Å². The molecule has 0 aliphatic heterocycles. The van der Waals surface area contributed by atoms with Crippen molar-refractivity contribution in [1.82, 2.24) is 0 Å². The molecule has 0 aliphatic rings. The summed E-state index contributed by atoms with van der Waals surface area (Å²) in [6.45, 7) is 7.03. The molecule has 1 atom stereocenters. The van der Waals surface area contributed by atoms with E-state index < -0.39 is 18.0 Å². The summed E-state index contributed by atoms with van der Waals surface area (Å²) < 4.78 is 4.80. The number of hydrogen-bond donors (Lipinski definition) is 2. The van der Waals surface area contributed by atoms with Crippen LogP contribution in [0.3, 0.4) is 0 Å². The van der Waals surface area contributed by atoms with Crippen LogP contribution >= 0.6 is 0 Å². The van der Waals surface area contributed by atoms with Crippen molar-refractivity contribution in [3.05, 3.63) is 37.0 Å². The number of ether oxygens (including phenoxy) is 1. The maximum absolute atomic E-state index is 11.1. The van der Waals surface area contributed by atoms with Crippen molar-refractivity contribution >= 4 is 11.9 Å². The number of carbonyl (C=O) groups excluding carboxylic acids is 1. The van der Waals surface area contributed by atoms with E-state index in [1.54, 1.807) is 6.08 Å². The summed E-state index contributed by atoms with van der Waals surface area (Å²) in [5, 5.41) is 8.47. The van der Waals surface area contributed by atoms with Gasteiger partial charge in [-0.05, 0) is 5.57 Å². The molecule has 0 aromatic rings. The lowest BCUT2D eigenvalue weighted by Gasteiger charge is -2.07. The molecule has 5 heteroatoms. The van der Waals surface area contributed by atoms with Gasteiger partial charge >= 0.3 is 11.9 Å². The summed E-state index contributed by atoms with van der Waals surface area (Å²) >= 11 is 0. The van der Waals surface area contributed by atoms with Crippen LogP contribution in [-0.4, -0.2) is 29.7 Å². The van der Waals surface area contributed by atoms with Gasteiger partial charge in [0.25, 0.3) is 0 Å². The first-order chi connectivity index (χ1) is 7.51. The largest absolute Gasteiger partial charge is 0.480 e. The van der Waals surface area contributed by atoms with E-state index in [4.69, 9.17) is 15.6 Å². The molecule has 0 radical (unpaired) electrons. The molecular weight excluding hydrogens is 210 g/mol. The summed E-state index contributed by atoms with van der Waals surface area (Å²) in [4.78, 5) is 21.5. The summed E-state index contributed by atoms with van der Waals surface area (Å²) in [6, 6.07) is -1.23. The second kappa shape index (κ2) is 7.42. The highest BCUT2D eigenvalue weighted by molar-refractivity contribution is 5.81. The van der Waals surface area contributed by atoms with E-state index in [9.17, 15) is 9.59 Å². The summed E-state index contributed by atoms with van der Waals surface area (Å²) in [7, 11) is 0. The standard InChI is InChI=1S/C11H15NO4/c1-3-5-8(4-2)7-16-10(13)6-9(12)11(14)15/h3-5,9H,1-2,6-7,12H2,(H,14,15)/b8-5+. The van der Waals surface area contributed by atoms with Crippen molar-refractivity contribution in [2.75, 3.05) is 6.61 Å². The third kappa shape index (κ3) is 5.77. The molecule has 0 fully saturated rings. The summed E-state index contributed by atoms with van der Waals surface area (Å²) in [5.41, 5.74) is 5.84. The van der Waals surface area contributed by atoms with Gasteiger partial charge in [-0.3, -0.25) is 9.59 Å². The minimum Gasteiger partial charge on any atom is -0.480 e. The molecule has 0 spiro atoms. The Hall–Kier alpha value is -1.88. The minimum absolute atomic E-state index is 0.0285. The van der Waals surface area contributed by atoms with E-state index in [2.05, 4.69) is 13.2 Å². The van der Waals surface area contributed by atoms with Crippen LogP contribution in [0.15, 0.2) is 37.0 Å². The van der Waals surface area contributed by atoms with Gasteiger partial charge in [0.05, 0.1) is 6.42 Å². The Morgan fingerprint density at radius 2 is 2.06 bits per heavy atom. The Morgan fingerprint density at radius 1 is 1.44 bits per heavy atom. The van der Waals surface area contributed by atoms with Crippen molar-refractivity contribution in [3.8, 4) is 0 Å². The number of carbonyl (C=O) groups is 2. The number of allylic oxidation sites excluding steroid dienone is 2. The van der Waals surface area contributed by atoms with Gasteiger partial charge in [0.2, 0.25) is 0 Å². The molecule has 0 rings (SSSR count). The van der Waals surface area contributed by atoms with Gasteiger partial charge in [-0.1, -0.05) is 31.4 Å². The Labute approximate surface area is 93.9 Å². The molecule has 0 amide bonds. The second-order valence-corrected chi connectivity index (χ2v) is 2.99. The highest BCUT2D eigenvalue weighted by atomic mass is 16.5. The van der Waals surface area contributed by atoms with Gasteiger partial charge in [-0.25, -0.2) is 0 Å². The summed E-state index contributed by atoms with van der Waals surface area (Å²) in [5.74, 6) is -1.89. The highest BCUT2D eigenvalue weighted by Crippen LogP contribution is 2.00. The zero-order valence-electron chi connectivity index (χ0n) is 8.89. The number of carboxylic acids is 1. The van der Waals surface area contributed by atoms with E-state index in [0.29, 0.717) is 5.57 Å². The van der Waals surface area contributed by atoms with Crippen molar-refractivity contribution in [2.45, 2.75) is 12.5 Å². The molecule has 0 aliphatic carbocycles. The second-order valence-electron chi connectivity index (χ2n) is 2.99. The lowest BCUT2D eigenvalue weighted by molar-refractivity contribution is -0.148. The van der Waals surface area contributed by atoms with Crippen molar-refractivity contribution in [3.63, 3.8) is 0 Å². The first-order valence-corrected chi connectivity index (χ1v) is 4.59. The minimum atomic E-state index is -1.23. The first kappa shape index (κ1) is 14.1. The molecule has 1 unspecified atom stereocenters. The number of nitrogens with two attached hydrogens (primary N) is 1. The number of carboxylic acid groups (broad SMARTS) is 1. The molecule has 5 nitrogen and oxygen atoms in total. The number of hydrogen-bond acceptors (Lipinski definition) is 4. The van der Waals surface area contributed by atoms with Crippen LogP contribution in [0.5, 0.6) is 0 Å². The van der Waals surface area contributed by atoms with Crippen molar-refractivity contribution < 1.29 is 19.4 Å². The molecule has 16 heavy (non-hydrogen) atoms.